The van der Waals surface area contributed by atoms with Crippen molar-refractivity contribution in [3.05, 3.63) is 59.5 Å². The summed E-state index contributed by atoms with van der Waals surface area (Å²) in [6.45, 7) is 4.45. The number of amides is 1. The van der Waals surface area contributed by atoms with Crippen LogP contribution in [0.1, 0.15) is 27.6 Å². The molecule has 3 heterocycles. The maximum absolute atomic E-state index is 13.2. The Balaban J connectivity index is 1.58. The molecular weight excluding hydrogens is 385 g/mol. The summed E-state index contributed by atoms with van der Waals surface area (Å²) >= 11 is 0. The van der Waals surface area contributed by atoms with Crippen LogP contribution in [0.5, 0.6) is 0 Å². The molecule has 1 aromatic heterocycles. The van der Waals surface area contributed by atoms with Gasteiger partial charge in [0.1, 0.15) is 0 Å². The van der Waals surface area contributed by atoms with Crippen LogP contribution in [0.25, 0.3) is 0 Å². The van der Waals surface area contributed by atoms with Crippen LogP contribution in [0.2, 0.25) is 0 Å². The number of ether oxygens (including phenoxy) is 1. The Morgan fingerprint density at radius 1 is 1.10 bits per heavy atom. The van der Waals surface area contributed by atoms with Gasteiger partial charge in [0.15, 0.2) is 5.76 Å². The predicted molar refractivity (Wildman–Crippen MR) is 99.5 cm³/mol. The highest BCUT2D eigenvalue weighted by atomic mass is 19.4. The number of hydrogen-bond acceptors (Lipinski definition) is 4. The number of benzene rings is 1. The molecular formula is C21H23F3N2O3. The lowest BCUT2D eigenvalue weighted by molar-refractivity contribution is -0.137. The molecule has 5 nitrogen and oxygen atoms in total. The van der Waals surface area contributed by atoms with Crippen molar-refractivity contribution in [2.24, 2.45) is 5.92 Å². The Bertz CT molecular complexity index is 832. The molecule has 2 saturated heterocycles. The average molecular weight is 408 g/mol. The summed E-state index contributed by atoms with van der Waals surface area (Å²) in [6, 6.07) is 8.74. The first-order valence-electron chi connectivity index (χ1n) is 9.72. The van der Waals surface area contributed by atoms with Crippen LogP contribution in [0.3, 0.4) is 0 Å². The summed E-state index contributed by atoms with van der Waals surface area (Å²) < 4.78 is 50.3. The molecule has 2 aromatic rings. The monoisotopic (exact) mass is 408 g/mol. The Kier molecular flexibility index (Phi) is 5.65. The van der Waals surface area contributed by atoms with E-state index in [4.69, 9.17) is 9.15 Å². The molecule has 156 valence electrons. The number of morpholine rings is 1. The molecule has 0 aliphatic carbocycles. The van der Waals surface area contributed by atoms with Crippen LogP contribution < -0.4 is 0 Å². The second-order valence-electron chi connectivity index (χ2n) is 7.59. The molecule has 0 spiro atoms. The number of furan rings is 1. The number of carbonyl (C=O) groups excluding carboxylic acids is 1. The molecule has 4 rings (SSSR count). The van der Waals surface area contributed by atoms with Gasteiger partial charge in [-0.25, -0.2) is 0 Å². The highest BCUT2D eigenvalue weighted by molar-refractivity contribution is 5.91. The number of nitrogens with zero attached hydrogens (tertiary/aromatic N) is 2. The first kappa shape index (κ1) is 20.0. The summed E-state index contributed by atoms with van der Waals surface area (Å²) in [7, 11) is 0. The lowest BCUT2D eigenvalue weighted by Gasteiger charge is -2.31. The van der Waals surface area contributed by atoms with Crippen LogP contribution in [0.4, 0.5) is 13.2 Å². The normalized spacial score (nSPS) is 23.5. The van der Waals surface area contributed by atoms with Gasteiger partial charge in [-0.2, -0.15) is 13.2 Å². The molecule has 2 atom stereocenters. The molecule has 0 N–H and O–H groups in total. The fourth-order valence-corrected chi connectivity index (χ4v) is 4.22. The van der Waals surface area contributed by atoms with Crippen molar-refractivity contribution in [3.8, 4) is 0 Å². The highest BCUT2D eigenvalue weighted by Crippen LogP contribution is 2.37. The standard InChI is InChI=1S/C21H23F3N2O3/c22-21(23,24)17-4-1-3-15(11-17)18-14-26(20(27)19-5-2-8-29-19)13-16(18)12-25-6-9-28-10-7-25/h1-5,8,11,16,18H,6-7,9-10,12-14H2. The third-order valence-electron chi connectivity index (χ3n) is 5.70. The van der Waals surface area contributed by atoms with Gasteiger partial charge in [0.25, 0.3) is 5.91 Å². The largest absolute Gasteiger partial charge is 0.459 e. The topological polar surface area (TPSA) is 45.9 Å². The molecule has 1 aromatic carbocycles. The minimum atomic E-state index is -4.39. The Hall–Kier alpha value is -2.32. The van der Waals surface area contributed by atoms with Crippen LogP contribution >= 0.6 is 0 Å². The summed E-state index contributed by atoms with van der Waals surface area (Å²) in [5.74, 6) is -0.106. The first-order valence-corrected chi connectivity index (χ1v) is 9.72. The van der Waals surface area contributed by atoms with Crippen LogP contribution in [0, 0.1) is 5.92 Å². The van der Waals surface area contributed by atoms with Crippen LogP contribution in [-0.4, -0.2) is 61.6 Å². The van der Waals surface area contributed by atoms with Crippen LogP contribution in [0.15, 0.2) is 47.1 Å². The van der Waals surface area contributed by atoms with E-state index in [0.29, 0.717) is 38.4 Å². The van der Waals surface area contributed by atoms with Gasteiger partial charge in [-0.15, -0.1) is 0 Å². The molecule has 1 amide bonds. The third-order valence-corrected chi connectivity index (χ3v) is 5.70. The molecule has 2 aliphatic rings. The van der Waals surface area contributed by atoms with Gasteiger partial charge in [0.2, 0.25) is 0 Å². The number of alkyl halides is 3. The van der Waals surface area contributed by atoms with Gasteiger partial charge in [-0.05, 0) is 29.7 Å². The van der Waals surface area contributed by atoms with Crippen LogP contribution in [-0.2, 0) is 10.9 Å². The van der Waals surface area contributed by atoms with Gasteiger partial charge < -0.3 is 14.1 Å². The van der Waals surface area contributed by atoms with Crippen molar-refractivity contribution in [1.29, 1.82) is 0 Å². The van der Waals surface area contributed by atoms with E-state index in [1.165, 1.54) is 18.4 Å². The number of hydrogen-bond donors (Lipinski definition) is 0. The zero-order valence-corrected chi connectivity index (χ0v) is 15.9. The number of carbonyl (C=O) groups is 1. The SMILES string of the molecule is O=C(c1ccco1)N1CC(CN2CCOCC2)C(c2cccc(C(F)(F)F)c2)C1. The quantitative estimate of drug-likeness (QED) is 0.777. The highest BCUT2D eigenvalue weighted by Gasteiger charge is 2.39. The minimum Gasteiger partial charge on any atom is -0.459 e. The van der Waals surface area contributed by atoms with Gasteiger partial charge in [-0.3, -0.25) is 9.69 Å². The maximum Gasteiger partial charge on any atom is 0.416 e. The van der Waals surface area contributed by atoms with Crippen molar-refractivity contribution in [2.75, 3.05) is 45.9 Å². The van der Waals surface area contributed by atoms with E-state index in [1.807, 2.05) is 0 Å². The smallest absolute Gasteiger partial charge is 0.416 e. The maximum atomic E-state index is 13.2. The molecule has 0 bridgehead atoms. The Labute approximate surface area is 167 Å². The molecule has 0 saturated carbocycles. The number of rotatable bonds is 4. The predicted octanol–water partition coefficient (Wildman–Crippen LogP) is 3.49. The molecule has 2 unspecified atom stereocenters. The van der Waals surface area contributed by atoms with E-state index in [0.717, 1.165) is 19.2 Å². The summed E-state index contributed by atoms with van der Waals surface area (Å²) in [5.41, 5.74) is -0.0382. The van der Waals surface area contributed by atoms with Gasteiger partial charge in [0, 0.05) is 38.6 Å². The van der Waals surface area contributed by atoms with Crippen molar-refractivity contribution in [1.82, 2.24) is 9.80 Å². The van der Waals surface area contributed by atoms with Crippen molar-refractivity contribution >= 4 is 5.91 Å². The second kappa shape index (κ2) is 8.20. The van der Waals surface area contributed by atoms with E-state index in [9.17, 15) is 18.0 Å². The Morgan fingerprint density at radius 3 is 2.59 bits per heavy atom. The van der Waals surface area contributed by atoms with Crippen molar-refractivity contribution in [3.63, 3.8) is 0 Å². The summed E-state index contributed by atoms with van der Waals surface area (Å²) in [5, 5.41) is 0. The fourth-order valence-electron chi connectivity index (χ4n) is 4.22. The molecule has 2 fully saturated rings. The minimum absolute atomic E-state index is 0.0375. The van der Waals surface area contributed by atoms with Crippen molar-refractivity contribution < 1.29 is 27.1 Å². The summed E-state index contributed by atoms with van der Waals surface area (Å²) in [4.78, 5) is 16.7. The lowest BCUT2D eigenvalue weighted by Crippen LogP contribution is -2.41. The molecule has 2 aliphatic heterocycles. The fraction of sp³-hybridized carbons (Fsp3) is 0.476. The second-order valence-corrected chi connectivity index (χ2v) is 7.59. The van der Waals surface area contributed by atoms with E-state index in [-0.39, 0.29) is 23.5 Å². The molecule has 0 radical (unpaired) electrons. The van der Waals surface area contributed by atoms with Gasteiger partial charge >= 0.3 is 6.18 Å². The van der Waals surface area contributed by atoms with E-state index in [1.54, 1.807) is 23.1 Å². The van der Waals surface area contributed by atoms with E-state index >= 15 is 0 Å². The number of likely N-dealkylation sites (tertiary alicyclic amines) is 1. The van der Waals surface area contributed by atoms with E-state index in [2.05, 4.69) is 4.90 Å². The van der Waals surface area contributed by atoms with Gasteiger partial charge in [-0.1, -0.05) is 18.2 Å². The van der Waals surface area contributed by atoms with E-state index < -0.39 is 11.7 Å². The zero-order chi connectivity index (χ0) is 20.4. The lowest BCUT2D eigenvalue weighted by atomic mass is 9.87. The van der Waals surface area contributed by atoms with Gasteiger partial charge in [0.05, 0.1) is 25.0 Å². The average Bonchev–Trinajstić information content (AvgIpc) is 3.38. The third kappa shape index (κ3) is 4.48. The number of halogens is 3. The molecule has 8 heteroatoms. The first-order chi connectivity index (χ1) is 13.9. The Morgan fingerprint density at radius 2 is 1.90 bits per heavy atom. The summed E-state index contributed by atoms with van der Waals surface area (Å²) in [6.07, 6.45) is -2.95. The zero-order valence-electron chi connectivity index (χ0n) is 15.9. The molecule has 29 heavy (non-hydrogen) atoms. The van der Waals surface area contributed by atoms with Crippen molar-refractivity contribution in [2.45, 2.75) is 12.1 Å².